The summed E-state index contributed by atoms with van der Waals surface area (Å²) in [5.41, 5.74) is 1.31. The Bertz CT molecular complexity index is 651. The van der Waals surface area contributed by atoms with E-state index in [-0.39, 0.29) is 5.91 Å². The van der Waals surface area contributed by atoms with Crippen molar-refractivity contribution < 1.29 is 4.79 Å². The van der Waals surface area contributed by atoms with Gasteiger partial charge in [0.15, 0.2) is 0 Å². The highest BCUT2D eigenvalue weighted by Crippen LogP contribution is 2.30. The first-order valence-corrected chi connectivity index (χ1v) is 9.42. The molecule has 0 saturated carbocycles. The van der Waals surface area contributed by atoms with Crippen molar-refractivity contribution in [2.75, 3.05) is 13.1 Å². The molecule has 1 fully saturated rings. The van der Waals surface area contributed by atoms with E-state index in [1.807, 2.05) is 16.7 Å². The van der Waals surface area contributed by atoms with Gasteiger partial charge in [0.2, 0.25) is 5.91 Å². The number of hydrogen-bond acceptors (Lipinski definition) is 4. The molecule has 1 amide bonds. The number of aryl methyl sites for hydroxylation is 2. The second-order valence-electron chi connectivity index (χ2n) is 6.28. The van der Waals surface area contributed by atoms with Gasteiger partial charge in [0.1, 0.15) is 12.7 Å². The monoisotopic (exact) mass is 344 g/mol. The molecule has 0 bridgehead atoms. The maximum atomic E-state index is 12.3. The molecule has 0 atom stereocenters. The lowest BCUT2D eigenvalue weighted by molar-refractivity contribution is -0.132. The predicted octanol–water partition coefficient (Wildman–Crippen LogP) is 3.15. The average molecular weight is 344 g/mol. The topological polar surface area (TPSA) is 51.0 Å². The van der Waals surface area contributed by atoms with Crippen LogP contribution < -0.4 is 0 Å². The van der Waals surface area contributed by atoms with Crippen molar-refractivity contribution in [3.63, 3.8) is 0 Å². The molecule has 0 aliphatic carbocycles. The minimum Gasteiger partial charge on any atom is -0.343 e. The van der Waals surface area contributed by atoms with Crippen molar-refractivity contribution in [2.24, 2.45) is 0 Å². The molecule has 1 aromatic heterocycles. The van der Waals surface area contributed by atoms with Gasteiger partial charge >= 0.3 is 0 Å². The van der Waals surface area contributed by atoms with Gasteiger partial charge in [0, 0.05) is 36.2 Å². The first kappa shape index (κ1) is 17.0. The smallest absolute Gasteiger partial charge is 0.222 e. The number of carbonyl (C=O) groups excluding carboxylic acids is 1. The van der Waals surface area contributed by atoms with Crippen molar-refractivity contribution in [3.8, 4) is 0 Å². The number of nitrogens with zero attached hydrogens (tertiary/aromatic N) is 4. The number of carbonyl (C=O) groups is 1. The molecule has 128 valence electrons. The molecular weight excluding hydrogens is 320 g/mol. The zero-order chi connectivity index (χ0) is 16.8. The van der Waals surface area contributed by atoms with Crippen LogP contribution >= 0.6 is 11.8 Å². The zero-order valence-electron chi connectivity index (χ0n) is 14.1. The molecule has 5 nitrogen and oxygen atoms in total. The summed E-state index contributed by atoms with van der Waals surface area (Å²) in [6.45, 7) is 4.65. The van der Waals surface area contributed by atoms with Crippen LogP contribution in [-0.2, 0) is 11.3 Å². The van der Waals surface area contributed by atoms with E-state index >= 15 is 0 Å². The lowest BCUT2D eigenvalue weighted by atomic mass is 10.1. The molecule has 1 aliphatic heterocycles. The van der Waals surface area contributed by atoms with Crippen LogP contribution in [0.3, 0.4) is 0 Å². The molecule has 0 radical (unpaired) electrons. The largest absolute Gasteiger partial charge is 0.343 e. The van der Waals surface area contributed by atoms with Crippen LogP contribution in [0.15, 0.2) is 41.8 Å². The first-order valence-electron chi connectivity index (χ1n) is 8.54. The van der Waals surface area contributed by atoms with E-state index < -0.39 is 0 Å². The number of piperidine rings is 1. The van der Waals surface area contributed by atoms with Crippen LogP contribution in [0.4, 0.5) is 0 Å². The van der Waals surface area contributed by atoms with Gasteiger partial charge in [-0.2, -0.15) is 5.10 Å². The highest BCUT2D eigenvalue weighted by atomic mass is 32.2. The van der Waals surface area contributed by atoms with Gasteiger partial charge in [-0.05, 0) is 38.3 Å². The Morgan fingerprint density at radius 3 is 2.88 bits per heavy atom. The Morgan fingerprint density at radius 2 is 2.17 bits per heavy atom. The number of amides is 1. The van der Waals surface area contributed by atoms with Crippen LogP contribution in [0.25, 0.3) is 0 Å². The van der Waals surface area contributed by atoms with Crippen LogP contribution in [0.1, 0.15) is 31.2 Å². The van der Waals surface area contributed by atoms with E-state index in [1.54, 1.807) is 11.0 Å². The van der Waals surface area contributed by atoms with Crippen LogP contribution in [0, 0.1) is 6.92 Å². The van der Waals surface area contributed by atoms with Gasteiger partial charge in [0.25, 0.3) is 0 Å². The number of rotatable bonds is 6. The van der Waals surface area contributed by atoms with E-state index in [9.17, 15) is 4.79 Å². The van der Waals surface area contributed by atoms with Gasteiger partial charge in [0.05, 0.1) is 0 Å². The summed E-state index contributed by atoms with van der Waals surface area (Å²) in [7, 11) is 0. The van der Waals surface area contributed by atoms with E-state index in [0.29, 0.717) is 11.7 Å². The standard InChI is InChI=1S/C18H24N4OS/c1-15-4-2-5-17(12-15)24-16-7-10-21(11-8-16)18(23)6-3-9-22-14-19-13-20-22/h2,4-5,12-14,16H,3,6-11H2,1H3. The fraction of sp³-hybridized carbons (Fsp3) is 0.500. The number of benzene rings is 1. The highest BCUT2D eigenvalue weighted by molar-refractivity contribution is 8.00. The summed E-state index contributed by atoms with van der Waals surface area (Å²) in [5, 5.41) is 4.68. The summed E-state index contributed by atoms with van der Waals surface area (Å²) in [4.78, 5) is 19.6. The highest BCUT2D eigenvalue weighted by Gasteiger charge is 2.23. The number of aromatic nitrogens is 3. The van der Waals surface area contributed by atoms with E-state index in [4.69, 9.17) is 0 Å². The summed E-state index contributed by atoms with van der Waals surface area (Å²) in [6, 6.07) is 8.67. The number of thioether (sulfide) groups is 1. The zero-order valence-corrected chi connectivity index (χ0v) is 14.9. The molecule has 0 spiro atoms. The second kappa shape index (κ2) is 8.33. The van der Waals surface area contributed by atoms with Gasteiger partial charge in [-0.15, -0.1) is 11.8 Å². The lowest BCUT2D eigenvalue weighted by Gasteiger charge is -2.31. The molecule has 1 aromatic carbocycles. The summed E-state index contributed by atoms with van der Waals surface area (Å²) in [6.07, 6.45) is 6.79. The maximum absolute atomic E-state index is 12.3. The molecule has 0 unspecified atom stereocenters. The number of hydrogen-bond donors (Lipinski definition) is 0. The second-order valence-corrected chi connectivity index (χ2v) is 7.65. The fourth-order valence-electron chi connectivity index (χ4n) is 3.00. The van der Waals surface area contributed by atoms with Gasteiger partial charge < -0.3 is 4.90 Å². The fourth-order valence-corrected chi connectivity index (χ4v) is 4.25. The third-order valence-electron chi connectivity index (χ3n) is 4.33. The Hall–Kier alpha value is -1.82. The Balaban J connectivity index is 1.38. The quantitative estimate of drug-likeness (QED) is 0.808. The predicted molar refractivity (Wildman–Crippen MR) is 95.9 cm³/mol. The van der Waals surface area contributed by atoms with Gasteiger partial charge in [-0.3, -0.25) is 9.48 Å². The molecule has 24 heavy (non-hydrogen) atoms. The van der Waals surface area contributed by atoms with Crippen LogP contribution in [0.5, 0.6) is 0 Å². The van der Waals surface area contributed by atoms with Crippen molar-refractivity contribution in [1.29, 1.82) is 0 Å². The molecule has 1 saturated heterocycles. The van der Waals surface area contributed by atoms with E-state index in [0.717, 1.165) is 38.9 Å². The molecule has 1 aliphatic rings. The Labute approximate surface area is 147 Å². The van der Waals surface area contributed by atoms with Crippen molar-refractivity contribution >= 4 is 17.7 Å². The van der Waals surface area contributed by atoms with Crippen LogP contribution in [-0.4, -0.2) is 43.9 Å². The van der Waals surface area contributed by atoms with Crippen molar-refractivity contribution in [1.82, 2.24) is 19.7 Å². The average Bonchev–Trinajstić information content (AvgIpc) is 3.09. The Kier molecular flexibility index (Phi) is 5.91. The van der Waals surface area contributed by atoms with E-state index in [1.165, 1.54) is 16.8 Å². The summed E-state index contributed by atoms with van der Waals surface area (Å²) < 4.78 is 1.78. The lowest BCUT2D eigenvalue weighted by Crippen LogP contribution is -2.39. The summed E-state index contributed by atoms with van der Waals surface area (Å²) in [5.74, 6) is 0.272. The molecule has 3 rings (SSSR count). The number of likely N-dealkylation sites (tertiary alicyclic amines) is 1. The van der Waals surface area contributed by atoms with Gasteiger partial charge in [-0.25, -0.2) is 4.98 Å². The molecule has 6 heteroatoms. The minimum atomic E-state index is 0.272. The van der Waals surface area contributed by atoms with Crippen molar-refractivity contribution in [3.05, 3.63) is 42.5 Å². The third-order valence-corrected chi connectivity index (χ3v) is 5.66. The maximum Gasteiger partial charge on any atom is 0.222 e. The first-order chi connectivity index (χ1) is 11.7. The van der Waals surface area contributed by atoms with Crippen molar-refractivity contribution in [2.45, 2.75) is 49.3 Å². The SMILES string of the molecule is Cc1cccc(SC2CCN(C(=O)CCCn3cncn3)CC2)c1. The molecule has 2 heterocycles. The van der Waals surface area contributed by atoms with E-state index in [2.05, 4.69) is 41.3 Å². The normalized spacial score (nSPS) is 15.6. The molecule has 0 N–H and O–H groups in total. The molecular formula is C18H24N4OS. The molecule has 2 aromatic rings. The Morgan fingerprint density at radius 1 is 1.33 bits per heavy atom. The summed E-state index contributed by atoms with van der Waals surface area (Å²) >= 11 is 1.95. The van der Waals surface area contributed by atoms with Gasteiger partial charge in [-0.1, -0.05) is 17.7 Å². The third kappa shape index (κ3) is 4.84. The van der Waals surface area contributed by atoms with Crippen LogP contribution in [0.2, 0.25) is 0 Å². The minimum absolute atomic E-state index is 0.272.